The van der Waals surface area contributed by atoms with Crippen LogP contribution in [0.1, 0.15) is 10.4 Å². The van der Waals surface area contributed by atoms with E-state index in [0.717, 1.165) is 0 Å². The van der Waals surface area contributed by atoms with Crippen LogP contribution in [-0.2, 0) is 7.05 Å². The Kier molecular flexibility index (Phi) is 1.93. The lowest BCUT2D eigenvalue weighted by Crippen LogP contribution is -1.97. The third-order valence-corrected chi connectivity index (χ3v) is 2.47. The highest BCUT2D eigenvalue weighted by molar-refractivity contribution is 6.34. The molecule has 0 amide bonds. The minimum absolute atomic E-state index is 0.171. The van der Waals surface area contributed by atoms with Crippen LogP contribution in [0.2, 0.25) is 5.15 Å². The van der Waals surface area contributed by atoms with Gasteiger partial charge in [0.25, 0.3) is 0 Å². The number of aromatic carboxylic acids is 1. The molecule has 1 aromatic carbocycles. The monoisotopic (exact) mass is 210 g/mol. The molecule has 1 N–H and O–H groups in total. The van der Waals surface area contributed by atoms with Crippen molar-refractivity contribution in [2.75, 3.05) is 0 Å². The average molecular weight is 211 g/mol. The van der Waals surface area contributed by atoms with Crippen molar-refractivity contribution in [3.8, 4) is 0 Å². The van der Waals surface area contributed by atoms with Crippen LogP contribution < -0.4 is 0 Å². The molecule has 0 aliphatic rings. The molecule has 1 heterocycles. The van der Waals surface area contributed by atoms with Gasteiger partial charge in [-0.25, -0.2) is 4.79 Å². The fourth-order valence-corrected chi connectivity index (χ4v) is 1.55. The molecule has 0 atom stereocenters. The molecule has 0 saturated carbocycles. The Balaban J connectivity index is 2.88. The van der Waals surface area contributed by atoms with Crippen LogP contribution in [0.15, 0.2) is 18.2 Å². The van der Waals surface area contributed by atoms with Crippen LogP contribution in [0, 0.1) is 0 Å². The summed E-state index contributed by atoms with van der Waals surface area (Å²) in [4.78, 5) is 10.8. The molecule has 0 saturated heterocycles. The summed E-state index contributed by atoms with van der Waals surface area (Å²) in [7, 11) is 1.67. The maximum atomic E-state index is 10.8. The third-order valence-electron chi connectivity index (χ3n) is 2.02. The first-order chi connectivity index (χ1) is 6.61. The Morgan fingerprint density at radius 3 is 2.93 bits per heavy atom. The van der Waals surface area contributed by atoms with Crippen molar-refractivity contribution in [1.29, 1.82) is 0 Å². The molecule has 0 aliphatic heterocycles. The van der Waals surface area contributed by atoms with Gasteiger partial charge in [-0.15, -0.1) is 0 Å². The first kappa shape index (κ1) is 9.02. The second-order valence-electron chi connectivity index (χ2n) is 2.92. The summed E-state index contributed by atoms with van der Waals surface area (Å²) in [5.74, 6) is -0.995. The van der Waals surface area contributed by atoms with Gasteiger partial charge in [-0.05, 0) is 12.1 Å². The number of fused-ring (bicyclic) bond motifs is 1. The molecule has 0 radical (unpaired) electrons. The van der Waals surface area contributed by atoms with Crippen molar-refractivity contribution in [3.05, 3.63) is 28.9 Å². The van der Waals surface area contributed by atoms with Crippen LogP contribution in [0.4, 0.5) is 0 Å². The smallest absolute Gasteiger partial charge is 0.337 e. The lowest BCUT2D eigenvalue weighted by atomic mass is 10.1. The molecule has 14 heavy (non-hydrogen) atoms. The normalized spacial score (nSPS) is 10.7. The van der Waals surface area contributed by atoms with Crippen molar-refractivity contribution >= 4 is 28.5 Å². The first-order valence-corrected chi connectivity index (χ1v) is 4.33. The molecule has 2 aromatic rings. The third kappa shape index (κ3) is 1.15. The van der Waals surface area contributed by atoms with Gasteiger partial charge in [-0.2, -0.15) is 5.10 Å². The Morgan fingerprint density at radius 2 is 2.29 bits per heavy atom. The molecule has 72 valence electrons. The summed E-state index contributed by atoms with van der Waals surface area (Å²) in [6, 6.07) is 4.91. The summed E-state index contributed by atoms with van der Waals surface area (Å²) in [6.07, 6.45) is 0. The average Bonchev–Trinajstić information content (AvgIpc) is 2.43. The van der Waals surface area contributed by atoms with Gasteiger partial charge in [0.2, 0.25) is 0 Å². The Morgan fingerprint density at radius 1 is 1.57 bits per heavy atom. The number of hydrogen-bond donors (Lipinski definition) is 1. The lowest BCUT2D eigenvalue weighted by Gasteiger charge is -1.93. The van der Waals surface area contributed by atoms with Crippen molar-refractivity contribution in [3.63, 3.8) is 0 Å². The zero-order valence-corrected chi connectivity index (χ0v) is 8.12. The van der Waals surface area contributed by atoms with E-state index < -0.39 is 5.97 Å². The minimum atomic E-state index is -0.995. The zero-order valence-electron chi connectivity index (χ0n) is 7.36. The summed E-state index contributed by atoms with van der Waals surface area (Å²) >= 11 is 5.93. The van der Waals surface area contributed by atoms with Gasteiger partial charge in [0.15, 0.2) is 0 Å². The van der Waals surface area contributed by atoms with Crippen LogP contribution in [-0.4, -0.2) is 20.9 Å². The molecule has 0 unspecified atom stereocenters. The molecule has 1 aromatic heterocycles. The molecule has 4 nitrogen and oxygen atoms in total. The second-order valence-corrected chi connectivity index (χ2v) is 3.28. The first-order valence-electron chi connectivity index (χ1n) is 3.96. The maximum Gasteiger partial charge on any atom is 0.337 e. The number of hydrogen-bond acceptors (Lipinski definition) is 2. The summed E-state index contributed by atoms with van der Waals surface area (Å²) in [6.45, 7) is 0. The van der Waals surface area contributed by atoms with Crippen LogP contribution >= 0.6 is 11.6 Å². The molecule has 2 rings (SSSR count). The van der Waals surface area contributed by atoms with E-state index >= 15 is 0 Å². The Hall–Kier alpha value is -1.55. The van der Waals surface area contributed by atoms with Crippen molar-refractivity contribution in [2.45, 2.75) is 0 Å². The number of halogens is 1. The van der Waals surface area contributed by atoms with Crippen LogP contribution in [0.3, 0.4) is 0 Å². The quantitative estimate of drug-likeness (QED) is 0.783. The SMILES string of the molecule is Cn1nc2c(C(=O)O)cccc2c1Cl. The van der Waals surface area contributed by atoms with E-state index in [-0.39, 0.29) is 5.56 Å². The van der Waals surface area contributed by atoms with Gasteiger partial charge < -0.3 is 5.11 Å². The standard InChI is InChI=1S/C9H7ClN2O2/c1-12-8(10)5-3-2-4-6(9(13)14)7(5)11-12/h2-4H,1H3,(H,13,14). The molecule has 0 bridgehead atoms. The van der Waals surface area contributed by atoms with E-state index in [0.29, 0.717) is 16.1 Å². The molecular formula is C9H7ClN2O2. The van der Waals surface area contributed by atoms with Crippen molar-refractivity contribution < 1.29 is 9.90 Å². The maximum absolute atomic E-state index is 10.8. The van der Waals surface area contributed by atoms with Gasteiger partial charge in [-0.3, -0.25) is 4.68 Å². The zero-order chi connectivity index (χ0) is 10.3. The molecule has 0 spiro atoms. The van der Waals surface area contributed by atoms with E-state index in [9.17, 15) is 4.79 Å². The fourth-order valence-electron chi connectivity index (χ4n) is 1.36. The largest absolute Gasteiger partial charge is 0.478 e. The van der Waals surface area contributed by atoms with E-state index in [2.05, 4.69) is 5.10 Å². The number of aryl methyl sites for hydroxylation is 1. The van der Waals surface area contributed by atoms with Gasteiger partial charge in [0.1, 0.15) is 10.7 Å². The van der Waals surface area contributed by atoms with E-state index in [1.165, 1.54) is 10.7 Å². The van der Waals surface area contributed by atoms with Gasteiger partial charge >= 0.3 is 5.97 Å². The number of carboxylic acid groups (broad SMARTS) is 1. The second kappa shape index (κ2) is 2.99. The van der Waals surface area contributed by atoms with Gasteiger partial charge in [0.05, 0.1) is 5.56 Å². The summed E-state index contributed by atoms with van der Waals surface area (Å²) in [5, 5.41) is 14.0. The number of nitrogens with zero attached hydrogens (tertiary/aromatic N) is 2. The highest BCUT2D eigenvalue weighted by atomic mass is 35.5. The molecule has 0 fully saturated rings. The predicted octanol–water partition coefficient (Wildman–Crippen LogP) is 1.92. The van der Waals surface area contributed by atoms with E-state index in [1.54, 1.807) is 19.2 Å². The highest BCUT2D eigenvalue weighted by Crippen LogP contribution is 2.24. The van der Waals surface area contributed by atoms with Crippen molar-refractivity contribution in [1.82, 2.24) is 9.78 Å². The number of carboxylic acids is 1. The molecular weight excluding hydrogens is 204 g/mol. The lowest BCUT2D eigenvalue weighted by molar-refractivity contribution is 0.0699. The number of benzene rings is 1. The minimum Gasteiger partial charge on any atom is -0.478 e. The Bertz CT molecular complexity index is 519. The van der Waals surface area contributed by atoms with E-state index in [1.807, 2.05) is 0 Å². The Labute approximate surface area is 84.7 Å². The van der Waals surface area contributed by atoms with Crippen LogP contribution in [0.5, 0.6) is 0 Å². The predicted molar refractivity (Wildman–Crippen MR) is 52.7 cm³/mol. The number of rotatable bonds is 1. The molecule has 0 aliphatic carbocycles. The topological polar surface area (TPSA) is 55.1 Å². The summed E-state index contributed by atoms with van der Waals surface area (Å²) in [5.41, 5.74) is 0.595. The van der Waals surface area contributed by atoms with Crippen molar-refractivity contribution in [2.24, 2.45) is 7.05 Å². The fraction of sp³-hybridized carbons (Fsp3) is 0.111. The summed E-state index contributed by atoms with van der Waals surface area (Å²) < 4.78 is 1.46. The van der Waals surface area contributed by atoms with Crippen LogP contribution in [0.25, 0.3) is 10.9 Å². The highest BCUT2D eigenvalue weighted by Gasteiger charge is 2.13. The number of aromatic nitrogens is 2. The molecule has 5 heteroatoms. The van der Waals surface area contributed by atoms with E-state index in [4.69, 9.17) is 16.7 Å². The van der Waals surface area contributed by atoms with Gasteiger partial charge in [-0.1, -0.05) is 17.7 Å². The van der Waals surface area contributed by atoms with Gasteiger partial charge in [0, 0.05) is 12.4 Å². The number of carbonyl (C=O) groups is 1.